The van der Waals surface area contributed by atoms with Crippen molar-refractivity contribution in [3.63, 3.8) is 0 Å². The first kappa shape index (κ1) is 17.2. The lowest BCUT2D eigenvalue weighted by Gasteiger charge is -2.12. The maximum absolute atomic E-state index is 13.8. The van der Waals surface area contributed by atoms with Gasteiger partial charge in [0.15, 0.2) is 5.43 Å². The molecule has 3 nitrogen and oxygen atoms in total. The van der Waals surface area contributed by atoms with Crippen molar-refractivity contribution in [1.29, 1.82) is 0 Å². The molecule has 4 aromatic rings. The highest BCUT2D eigenvalue weighted by Gasteiger charge is 2.16. The quantitative estimate of drug-likeness (QED) is 0.267. The van der Waals surface area contributed by atoms with E-state index >= 15 is 0 Å². The molecule has 4 rings (SSSR count). The van der Waals surface area contributed by atoms with E-state index in [-0.39, 0.29) is 10.5 Å². The summed E-state index contributed by atoms with van der Waals surface area (Å²) in [6, 6.07) is 10.0. The molecule has 0 amide bonds. The molecule has 2 aromatic carbocycles. The highest BCUT2D eigenvalue weighted by atomic mass is 35.5. The molecule has 0 saturated carbocycles. The predicted molar refractivity (Wildman–Crippen MR) is 109 cm³/mol. The van der Waals surface area contributed by atoms with Crippen molar-refractivity contribution < 1.29 is 4.39 Å². The Balaban J connectivity index is 2.15. The third-order valence-electron chi connectivity index (χ3n) is 4.35. The number of para-hydroxylation sites is 1. The number of nitrogens with one attached hydrogen (secondary N) is 1. The third-order valence-corrected chi connectivity index (χ3v) is 6.01. The zero-order chi connectivity index (χ0) is 18.3. The predicted octanol–water partition coefficient (Wildman–Crippen LogP) is 5.97. The average Bonchev–Trinajstić information content (AvgIpc) is 2.63. The number of hydrogen-bond donors (Lipinski definition) is 1. The van der Waals surface area contributed by atoms with Crippen LogP contribution in [0.1, 0.15) is 19.8 Å². The Morgan fingerprint density at radius 2 is 2.00 bits per heavy atom. The molecular weight excluding hydrogens is 371 g/mol. The van der Waals surface area contributed by atoms with Gasteiger partial charge in [-0.3, -0.25) is 4.79 Å². The van der Waals surface area contributed by atoms with Crippen LogP contribution in [0.5, 0.6) is 0 Å². The summed E-state index contributed by atoms with van der Waals surface area (Å²) in [5.41, 5.74) is 0.525. The third kappa shape index (κ3) is 2.81. The molecule has 0 aliphatic carbocycles. The van der Waals surface area contributed by atoms with E-state index in [2.05, 4.69) is 12.2 Å². The van der Waals surface area contributed by atoms with Crippen LogP contribution in [-0.2, 0) is 0 Å². The normalized spacial score (nSPS) is 11.5. The summed E-state index contributed by atoms with van der Waals surface area (Å²) in [5.74, 6) is 0.169. The van der Waals surface area contributed by atoms with Crippen molar-refractivity contribution in [2.24, 2.45) is 0 Å². The lowest BCUT2D eigenvalue weighted by Crippen LogP contribution is -2.08. The Bertz CT molecular complexity index is 1210. The van der Waals surface area contributed by atoms with Gasteiger partial charge in [-0.1, -0.05) is 43.1 Å². The molecule has 132 valence electrons. The number of halogens is 2. The highest BCUT2D eigenvalue weighted by molar-refractivity contribution is 7.25. The van der Waals surface area contributed by atoms with E-state index in [4.69, 9.17) is 16.6 Å². The lowest BCUT2D eigenvalue weighted by molar-refractivity contribution is 0.630. The molecule has 6 heteroatoms. The van der Waals surface area contributed by atoms with E-state index < -0.39 is 5.82 Å². The minimum Gasteiger partial charge on any atom is -0.369 e. The number of rotatable bonds is 4. The molecule has 0 unspecified atom stereocenters. The largest absolute Gasteiger partial charge is 0.369 e. The SMILES string of the molecule is CCCCNc1nc2ccccc2c2c(=O)c3cc(F)cc(Cl)c3sc12. The van der Waals surface area contributed by atoms with Crippen LogP contribution in [0.2, 0.25) is 5.02 Å². The molecule has 0 atom stereocenters. The number of pyridine rings is 1. The molecule has 2 heterocycles. The first-order valence-electron chi connectivity index (χ1n) is 8.48. The Labute approximate surface area is 158 Å². The Hall–Kier alpha value is -2.24. The van der Waals surface area contributed by atoms with Crippen molar-refractivity contribution in [2.45, 2.75) is 19.8 Å². The van der Waals surface area contributed by atoms with Gasteiger partial charge in [0.05, 0.1) is 25.3 Å². The zero-order valence-corrected chi connectivity index (χ0v) is 15.7. The van der Waals surface area contributed by atoms with Gasteiger partial charge in [-0.15, -0.1) is 11.3 Å². The summed E-state index contributed by atoms with van der Waals surface area (Å²) in [7, 11) is 0. The van der Waals surface area contributed by atoms with Crippen LogP contribution in [0.15, 0.2) is 41.2 Å². The molecular formula is C20H16ClFN2OS. The molecule has 0 fully saturated rings. The number of aromatic nitrogens is 1. The summed E-state index contributed by atoms with van der Waals surface area (Å²) >= 11 is 7.60. The van der Waals surface area contributed by atoms with Gasteiger partial charge >= 0.3 is 0 Å². The lowest BCUT2D eigenvalue weighted by atomic mass is 10.1. The minimum absolute atomic E-state index is 0.215. The second-order valence-corrected chi connectivity index (χ2v) is 7.59. The second kappa shape index (κ2) is 6.82. The van der Waals surface area contributed by atoms with Crippen molar-refractivity contribution in [2.75, 3.05) is 11.9 Å². The van der Waals surface area contributed by atoms with Crippen LogP contribution in [0.3, 0.4) is 0 Å². The van der Waals surface area contributed by atoms with E-state index in [0.717, 1.165) is 35.0 Å². The number of fused-ring (bicyclic) bond motifs is 4. The van der Waals surface area contributed by atoms with Crippen molar-refractivity contribution in [3.8, 4) is 0 Å². The molecule has 26 heavy (non-hydrogen) atoms. The first-order valence-corrected chi connectivity index (χ1v) is 9.67. The van der Waals surface area contributed by atoms with Crippen LogP contribution in [-0.4, -0.2) is 11.5 Å². The van der Waals surface area contributed by atoms with Crippen molar-refractivity contribution in [3.05, 3.63) is 57.5 Å². The maximum atomic E-state index is 13.8. The van der Waals surface area contributed by atoms with Gasteiger partial charge < -0.3 is 5.32 Å². The Kier molecular flexibility index (Phi) is 4.51. The van der Waals surface area contributed by atoms with E-state index in [1.54, 1.807) is 0 Å². The van der Waals surface area contributed by atoms with Crippen LogP contribution in [0, 0.1) is 5.82 Å². The number of hydrogen-bond acceptors (Lipinski definition) is 4. The fraction of sp³-hybridized carbons (Fsp3) is 0.200. The molecule has 0 aliphatic heterocycles. The fourth-order valence-corrected chi connectivity index (χ4v) is 4.56. The summed E-state index contributed by atoms with van der Waals surface area (Å²) in [5, 5.41) is 5.24. The summed E-state index contributed by atoms with van der Waals surface area (Å²) in [6.07, 6.45) is 2.06. The number of anilines is 1. The molecule has 0 saturated heterocycles. The minimum atomic E-state index is -0.509. The fourth-order valence-electron chi connectivity index (χ4n) is 3.09. The van der Waals surface area contributed by atoms with Gasteiger partial charge in [-0.2, -0.15) is 0 Å². The van der Waals surface area contributed by atoms with E-state index in [0.29, 0.717) is 21.3 Å². The molecule has 0 bridgehead atoms. The summed E-state index contributed by atoms with van der Waals surface area (Å²) in [4.78, 5) is 17.9. The monoisotopic (exact) mass is 386 g/mol. The first-order chi connectivity index (χ1) is 12.6. The van der Waals surface area contributed by atoms with Crippen LogP contribution in [0.25, 0.3) is 31.1 Å². The molecule has 2 aromatic heterocycles. The zero-order valence-electron chi connectivity index (χ0n) is 14.1. The second-order valence-electron chi connectivity index (χ2n) is 6.16. The van der Waals surface area contributed by atoms with Crippen LogP contribution < -0.4 is 10.7 Å². The summed E-state index contributed by atoms with van der Waals surface area (Å²) in [6.45, 7) is 2.89. The highest BCUT2D eigenvalue weighted by Crippen LogP contribution is 2.36. The maximum Gasteiger partial charge on any atom is 0.196 e. The molecule has 0 aliphatic rings. The summed E-state index contributed by atoms with van der Waals surface area (Å²) < 4.78 is 15.2. The Morgan fingerprint density at radius 1 is 1.19 bits per heavy atom. The standard InChI is InChI=1S/C20H16ClFN2OS/c1-2-3-8-23-20-19-16(12-6-4-5-7-15(12)24-20)17(25)13-9-11(22)10-14(21)18(13)26-19/h4-7,9-10H,2-3,8H2,1H3,(H,23,24). The van der Waals surface area contributed by atoms with Gasteiger partial charge in [-0.05, 0) is 24.6 Å². The van der Waals surface area contributed by atoms with E-state index in [1.165, 1.54) is 23.5 Å². The number of benzene rings is 2. The number of nitrogens with zero attached hydrogens (tertiary/aromatic N) is 1. The van der Waals surface area contributed by atoms with E-state index in [9.17, 15) is 9.18 Å². The van der Waals surface area contributed by atoms with Gasteiger partial charge in [0.1, 0.15) is 11.6 Å². The van der Waals surface area contributed by atoms with Gasteiger partial charge in [-0.25, -0.2) is 9.37 Å². The van der Waals surface area contributed by atoms with Crippen molar-refractivity contribution >= 4 is 59.8 Å². The van der Waals surface area contributed by atoms with Crippen molar-refractivity contribution in [1.82, 2.24) is 4.98 Å². The van der Waals surface area contributed by atoms with Gasteiger partial charge in [0.25, 0.3) is 0 Å². The van der Waals surface area contributed by atoms with E-state index in [1.807, 2.05) is 24.3 Å². The number of unbranched alkanes of at least 4 members (excludes halogenated alkanes) is 1. The van der Waals surface area contributed by atoms with Gasteiger partial charge in [0, 0.05) is 17.3 Å². The molecule has 0 radical (unpaired) electrons. The molecule has 1 N–H and O–H groups in total. The average molecular weight is 387 g/mol. The topological polar surface area (TPSA) is 42.0 Å². The van der Waals surface area contributed by atoms with Gasteiger partial charge in [0.2, 0.25) is 0 Å². The Morgan fingerprint density at radius 3 is 2.81 bits per heavy atom. The van der Waals surface area contributed by atoms with Crippen LogP contribution in [0.4, 0.5) is 10.2 Å². The smallest absolute Gasteiger partial charge is 0.196 e. The molecule has 0 spiro atoms. The van der Waals surface area contributed by atoms with Crippen LogP contribution >= 0.6 is 22.9 Å².